The number of carbonyl (C=O) groups is 1. The molecule has 0 saturated carbocycles. The number of benzene rings is 1. The molecule has 0 radical (unpaired) electrons. The van der Waals surface area contributed by atoms with Gasteiger partial charge in [0.2, 0.25) is 0 Å². The number of hydrogen-bond acceptors (Lipinski definition) is 3. The van der Waals surface area contributed by atoms with Gasteiger partial charge in [0.15, 0.2) is 0 Å². The van der Waals surface area contributed by atoms with E-state index < -0.39 is 0 Å². The number of hydrogen-bond donors (Lipinski definition) is 0. The molecule has 1 saturated heterocycles. The number of aryl methyl sites for hydroxylation is 2. The Morgan fingerprint density at radius 3 is 2.78 bits per heavy atom. The Labute approximate surface area is 137 Å². The van der Waals surface area contributed by atoms with Gasteiger partial charge in [-0.15, -0.1) is 0 Å². The molecular weight excluding hydrogens is 286 g/mol. The van der Waals surface area contributed by atoms with Crippen molar-refractivity contribution in [3.8, 4) is 0 Å². The molecule has 2 aromatic rings. The van der Waals surface area contributed by atoms with Gasteiger partial charge < -0.3 is 4.90 Å². The smallest absolute Gasteiger partial charge is 0.274 e. The number of aromatic nitrogens is 2. The van der Waals surface area contributed by atoms with Gasteiger partial charge in [-0.1, -0.05) is 30.3 Å². The molecule has 0 spiro atoms. The molecule has 0 bridgehead atoms. The van der Waals surface area contributed by atoms with Crippen LogP contribution in [0.15, 0.2) is 42.7 Å². The fraction of sp³-hybridized carbons (Fsp3) is 0.421. The minimum Gasteiger partial charge on any atom is -0.337 e. The summed E-state index contributed by atoms with van der Waals surface area (Å²) in [4.78, 5) is 22.9. The molecule has 0 aliphatic carbocycles. The van der Waals surface area contributed by atoms with E-state index in [2.05, 4.69) is 34.2 Å². The minimum absolute atomic E-state index is 0.0157. The Balaban J connectivity index is 1.57. The molecular formula is C19H23N3O. The van der Waals surface area contributed by atoms with Crippen LogP contribution >= 0.6 is 0 Å². The van der Waals surface area contributed by atoms with Crippen molar-refractivity contribution in [2.24, 2.45) is 5.92 Å². The number of piperidine rings is 1. The second-order valence-electron chi connectivity index (χ2n) is 6.33. The molecule has 1 atom stereocenters. The van der Waals surface area contributed by atoms with E-state index in [0.717, 1.165) is 38.0 Å². The lowest BCUT2D eigenvalue weighted by Crippen LogP contribution is -2.40. The molecule has 1 amide bonds. The van der Waals surface area contributed by atoms with E-state index in [-0.39, 0.29) is 5.91 Å². The zero-order chi connectivity index (χ0) is 16.1. The second-order valence-corrected chi connectivity index (χ2v) is 6.33. The molecule has 4 nitrogen and oxygen atoms in total. The Morgan fingerprint density at radius 2 is 2.04 bits per heavy atom. The molecule has 120 valence electrons. The first kappa shape index (κ1) is 15.7. The zero-order valence-electron chi connectivity index (χ0n) is 13.6. The van der Waals surface area contributed by atoms with Crippen LogP contribution in [-0.2, 0) is 6.42 Å². The highest BCUT2D eigenvalue weighted by atomic mass is 16.2. The third-order valence-corrected chi connectivity index (χ3v) is 4.49. The van der Waals surface area contributed by atoms with Crippen LogP contribution in [0.4, 0.5) is 0 Å². The maximum Gasteiger partial charge on any atom is 0.274 e. The maximum absolute atomic E-state index is 12.6. The summed E-state index contributed by atoms with van der Waals surface area (Å²) in [6.07, 6.45) is 7.74. The van der Waals surface area contributed by atoms with Crippen LogP contribution < -0.4 is 0 Å². The summed E-state index contributed by atoms with van der Waals surface area (Å²) in [6.45, 7) is 3.54. The van der Waals surface area contributed by atoms with Gasteiger partial charge in [0.05, 0.1) is 11.9 Å². The summed E-state index contributed by atoms with van der Waals surface area (Å²) in [5, 5.41) is 0. The van der Waals surface area contributed by atoms with Crippen molar-refractivity contribution in [1.29, 1.82) is 0 Å². The van der Waals surface area contributed by atoms with E-state index in [1.807, 2.05) is 17.9 Å². The predicted molar refractivity (Wildman–Crippen MR) is 90.2 cm³/mol. The first-order valence-corrected chi connectivity index (χ1v) is 8.34. The Bertz CT molecular complexity index is 639. The maximum atomic E-state index is 12.6. The first-order valence-electron chi connectivity index (χ1n) is 8.34. The van der Waals surface area contributed by atoms with E-state index >= 15 is 0 Å². The molecule has 2 heterocycles. The molecule has 1 fully saturated rings. The third-order valence-electron chi connectivity index (χ3n) is 4.49. The Kier molecular flexibility index (Phi) is 5.01. The van der Waals surface area contributed by atoms with E-state index in [9.17, 15) is 4.79 Å². The average molecular weight is 309 g/mol. The summed E-state index contributed by atoms with van der Waals surface area (Å²) >= 11 is 0. The Hall–Kier alpha value is -2.23. The van der Waals surface area contributed by atoms with Gasteiger partial charge in [0.25, 0.3) is 5.91 Å². The number of carbonyl (C=O) groups excluding carboxylic acids is 1. The summed E-state index contributed by atoms with van der Waals surface area (Å²) in [5.74, 6) is 0.591. The van der Waals surface area contributed by atoms with Crippen molar-refractivity contribution in [2.75, 3.05) is 13.1 Å². The van der Waals surface area contributed by atoms with Crippen molar-refractivity contribution in [2.45, 2.75) is 32.6 Å². The minimum atomic E-state index is 0.0157. The number of rotatable bonds is 4. The first-order chi connectivity index (χ1) is 11.2. The molecule has 1 aliphatic rings. The lowest BCUT2D eigenvalue weighted by molar-refractivity contribution is 0.0662. The highest BCUT2D eigenvalue weighted by Crippen LogP contribution is 2.22. The van der Waals surface area contributed by atoms with Gasteiger partial charge >= 0.3 is 0 Å². The summed E-state index contributed by atoms with van der Waals surface area (Å²) in [7, 11) is 0. The van der Waals surface area contributed by atoms with Crippen molar-refractivity contribution < 1.29 is 4.79 Å². The highest BCUT2D eigenvalue weighted by molar-refractivity contribution is 5.92. The molecule has 4 heteroatoms. The third kappa shape index (κ3) is 4.15. The van der Waals surface area contributed by atoms with E-state index in [1.54, 1.807) is 12.4 Å². The van der Waals surface area contributed by atoms with Crippen LogP contribution in [-0.4, -0.2) is 33.9 Å². The van der Waals surface area contributed by atoms with Gasteiger partial charge in [-0.25, -0.2) is 4.98 Å². The monoisotopic (exact) mass is 309 g/mol. The van der Waals surface area contributed by atoms with Crippen LogP contribution in [0.25, 0.3) is 0 Å². The zero-order valence-corrected chi connectivity index (χ0v) is 13.6. The summed E-state index contributed by atoms with van der Waals surface area (Å²) in [6, 6.07) is 10.6. The van der Waals surface area contributed by atoms with Crippen molar-refractivity contribution in [3.05, 3.63) is 59.7 Å². The van der Waals surface area contributed by atoms with Gasteiger partial charge in [-0.05, 0) is 44.1 Å². The van der Waals surface area contributed by atoms with Crippen LogP contribution in [0.5, 0.6) is 0 Å². The van der Waals surface area contributed by atoms with Crippen LogP contribution in [0.2, 0.25) is 0 Å². The van der Waals surface area contributed by atoms with Crippen LogP contribution in [0.1, 0.15) is 41.0 Å². The second kappa shape index (κ2) is 7.36. The van der Waals surface area contributed by atoms with Crippen LogP contribution in [0.3, 0.4) is 0 Å². The highest BCUT2D eigenvalue weighted by Gasteiger charge is 2.25. The fourth-order valence-corrected chi connectivity index (χ4v) is 3.17. The normalized spacial score (nSPS) is 18.0. The van der Waals surface area contributed by atoms with Gasteiger partial charge in [0.1, 0.15) is 5.69 Å². The van der Waals surface area contributed by atoms with Gasteiger partial charge in [-0.3, -0.25) is 9.78 Å². The molecule has 1 aromatic heterocycles. The number of amides is 1. The average Bonchev–Trinajstić information content (AvgIpc) is 2.61. The molecule has 1 aromatic carbocycles. The molecule has 23 heavy (non-hydrogen) atoms. The largest absolute Gasteiger partial charge is 0.337 e. The quantitative estimate of drug-likeness (QED) is 0.871. The lowest BCUT2D eigenvalue weighted by atomic mass is 9.91. The predicted octanol–water partition coefficient (Wildman–Crippen LogP) is 3.27. The molecule has 1 aliphatic heterocycles. The fourth-order valence-electron chi connectivity index (χ4n) is 3.17. The van der Waals surface area contributed by atoms with E-state index in [4.69, 9.17) is 0 Å². The van der Waals surface area contributed by atoms with Crippen molar-refractivity contribution in [1.82, 2.24) is 14.9 Å². The molecule has 0 N–H and O–H groups in total. The lowest BCUT2D eigenvalue weighted by Gasteiger charge is -2.32. The number of likely N-dealkylation sites (tertiary alicyclic amines) is 1. The topological polar surface area (TPSA) is 46.1 Å². The van der Waals surface area contributed by atoms with Crippen molar-refractivity contribution >= 4 is 5.91 Å². The summed E-state index contributed by atoms with van der Waals surface area (Å²) in [5.41, 5.74) is 2.67. The van der Waals surface area contributed by atoms with Crippen molar-refractivity contribution in [3.63, 3.8) is 0 Å². The summed E-state index contributed by atoms with van der Waals surface area (Å²) < 4.78 is 0. The number of nitrogens with zero attached hydrogens (tertiary/aromatic N) is 3. The molecule has 3 rings (SSSR count). The van der Waals surface area contributed by atoms with Gasteiger partial charge in [0, 0.05) is 19.3 Å². The van der Waals surface area contributed by atoms with Crippen LogP contribution in [0, 0.1) is 12.8 Å². The van der Waals surface area contributed by atoms with Gasteiger partial charge in [-0.2, -0.15) is 0 Å². The van der Waals surface area contributed by atoms with E-state index in [0.29, 0.717) is 11.6 Å². The standard InChI is InChI=1S/C19H23N3O/c1-15-12-21-18(13-20-15)19(23)22-11-5-8-17(14-22)10-9-16-6-3-2-4-7-16/h2-4,6-7,12-13,17H,5,8-11,14H2,1H3/t17-/m0/s1. The SMILES string of the molecule is Cc1cnc(C(=O)N2CCC[C@@H](CCc3ccccc3)C2)cn1. The molecule has 0 unspecified atom stereocenters. The Morgan fingerprint density at radius 1 is 1.22 bits per heavy atom. The van der Waals surface area contributed by atoms with E-state index in [1.165, 1.54) is 12.0 Å².